The van der Waals surface area contributed by atoms with E-state index in [1.54, 1.807) is 12.1 Å². The van der Waals surface area contributed by atoms with Gasteiger partial charge in [0, 0.05) is 12.5 Å². The Morgan fingerprint density at radius 1 is 1.23 bits per heavy atom. The van der Waals surface area contributed by atoms with Crippen molar-refractivity contribution in [2.75, 3.05) is 6.61 Å². The van der Waals surface area contributed by atoms with Crippen molar-refractivity contribution in [3.05, 3.63) is 34.6 Å². The third-order valence-electron chi connectivity index (χ3n) is 4.94. The fourth-order valence-electron chi connectivity index (χ4n) is 3.58. The molecule has 3 aromatic rings. The molecule has 0 saturated heterocycles. The van der Waals surface area contributed by atoms with Crippen LogP contribution < -0.4 is 10.5 Å². The van der Waals surface area contributed by atoms with Gasteiger partial charge in [-0.15, -0.1) is 5.10 Å². The third-order valence-corrected chi connectivity index (χ3v) is 4.94. The van der Waals surface area contributed by atoms with Gasteiger partial charge in [-0.05, 0) is 48.2 Å². The first kappa shape index (κ1) is 16.8. The number of ether oxygens (including phenoxy) is 1. The summed E-state index contributed by atoms with van der Waals surface area (Å²) in [6.45, 7) is 0.602. The molecule has 2 aromatic heterocycles. The van der Waals surface area contributed by atoms with Gasteiger partial charge in [0.2, 0.25) is 0 Å². The Bertz CT molecular complexity index is 907. The molecule has 1 aliphatic carbocycles. The van der Waals surface area contributed by atoms with E-state index >= 15 is 0 Å². The Kier molecular flexibility index (Phi) is 4.99. The third kappa shape index (κ3) is 3.79. The number of aromatic amines is 1. The first-order chi connectivity index (χ1) is 12.8. The Labute approximate surface area is 150 Å². The van der Waals surface area contributed by atoms with Crippen molar-refractivity contribution in [1.29, 1.82) is 0 Å². The lowest BCUT2D eigenvalue weighted by Gasteiger charge is -2.22. The van der Waals surface area contributed by atoms with Crippen molar-refractivity contribution in [3.63, 3.8) is 0 Å². The Morgan fingerprint density at radius 2 is 2.12 bits per heavy atom. The van der Waals surface area contributed by atoms with E-state index in [-0.39, 0.29) is 0 Å². The lowest BCUT2D eigenvalue weighted by Crippen LogP contribution is -2.17. The zero-order valence-corrected chi connectivity index (χ0v) is 14.7. The van der Waals surface area contributed by atoms with Gasteiger partial charge in [-0.25, -0.2) is 9.48 Å². The summed E-state index contributed by atoms with van der Waals surface area (Å²) < 4.78 is 12.8. The summed E-state index contributed by atoms with van der Waals surface area (Å²) in [5.41, 5.74) is 1.19. The molecule has 2 heterocycles. The molecular formula is C18H23N5O3. The van der Waals surface area contributed by atoms with E-state index in [0.29, 0.717) is 29.5 Å². The van der Waals surface area contributed by atoms with E-state index in [4.69, 9.17) is 9.15 Å². The summed E-state index contributed by atoms with van der Waals surface area (Å²) >= 11 is 0. The number of fused-ring (bicyclic) bond motifs is 1. The van der Waals surface area contributed by atoms with Gasteiger partial charge in [-0.3, -0.25) is 4.98 Å². The lowest BCUT2D eigenvalue weighted by atomic mass is 9.95. The van der Waals surface area contributed by atoms with Gasteiger partial charge in [-0.2, -0.15) is 0 Å². The topological polar surface area (TPSA) is 98.8 Å². The normalized spacial score (nSPS) is 15.5. The number of nitrogens with zero attached hydrogens (tertiary/aromatic N) is 4. The van der Waals surface area contributed by atoms with Gasteiger partial charge < -0.3 is 9.15 Å². The molecule has 1 aromatic carbocycles. The van der Waals surface area contributed by atoms with Crippen molar-refractivity contribution in [1.82, 2.24) is 25.2 Å². The van der Waals surface area contributed by atoms with Gasteiger partial charge in [0.15, 0.2) is 11.4 Å². The van der Waals surface area contributed by atoms with Crippen LogP contribution in [0.2, 0.25) is 0 Å². The highest BCUT2D eigenvalue weighted by molar-refractivity contribution is 5.73. The molecule has 8 heteroatoms. The number of benzene rings is 1. The quantitative estimate of drug-likeness (QED) is 0.653. The second-order valence-corrected chi connectivity index (χ2v) is 6.81. The van der Waals surface area contributed by atoms with E-state index in [1.165, 1.54) is 32.1 Å². The number of aromatic nitrogens is 5. The van der Waals surface area contributed by atoms with Gasteiger partial charge >= 0.3 is 5.76 Å². The van der Waals surface area contributed by atoms with E-state index in [9.17, 15) is 4.79 Å². The molecule has 0 atom stereocenters. The van der Waals surface area contributed by atoms with Crippen LogP contribution in [0.5, 0.6) is 5.75 Å². The first-order valence-electron chi connectivity index (χ1n) is 9.32. The number of hydrogen-bond donors (Lipinski definition) is 1. The fourth-order valence-corrected chi connectivity index (χ4v) is 3.58. The minimum absolute atomic E-state index is 0.451. The molecule has 1 N–H and O–H groups in total. The number of aryl methyl sites for hydroxylation is 1. The number of rotatable bonds is 7. The van der Waals surface area contributed by atoms with Crippen molar-refractivity contribution < 1.29 is 9.15 Å². The largest absolute Gasteiger partial charge is 0.493 e. The zero-order valence-electron chi connectivity index (χ0n) is 14.7. The summed E-state index contributed by atoms with van der Waals surface area (Å²) in [5.74, 6) is 1.23. The van der Waals surface area contributed by atoms with Gasteiger partial charge in [-0.1, -0.05) is 19.3 Å². The molecule has 0 spiro atoms. The fraction of sp³-hybridized carbons (Fsp3) is 0.556. The highest BCUT2D eigenvalue weighted by atomic mass is 16.5. The molecule has 138 valence electrons. The van der Waals surface area contributed by atoms with Crippen LogP contribution in [0, 0.1) is 0 Å². The number of tetrazole rings is 1. The van der Waals surface area contributed by atoms with Crippen LogP contribution in [0.25, 0.3) is 11.1 Å². The molecular weight excluding hydrogens is 334 g/mol. The summed E-state index contributed by atoms with van der Waals surface area (Å²) in [6, 6.07) is 5.81. The Morgan fingerprint density at radius 3 is 3.00 bits per heavy atom. The maximum atomic E-state index is 11.2. The number of nitrogens with one attached hydrogen (secondary N) is 1. The zero-order chi connectivity index (χ0) is 17.8. The maximum Gasteiger partial charge on any atom is 0.417 e. The smallest absolute Gasteiger partial charge is 0.417 e. The highest BCUT2D eigenvalue weighted by Crippen LogP contribution is 2.28. The van der Waals surface area contributed by atoms with Gasteiger partial charge in [0.1, 0.15) is 5.75 Å². The lowest BCUT2D eigenvalue weighted by molar-refractivity contribution is 0.300. The van der Waals surface area contributed by atoms with Crippen LogP contribution >= 0.6 is 0 Å². The molecule has 1 fully saturated rings. The first-order valence-corrected chi connectivity index (χ1v) is 9.32. The highest BCUT2D eigenvalue weighted by Gasteiger charge is 2.19. The number of unbranched alkanes of at least 4 members (excludes halogenated alkanes) is 1. The summed E-state index contributed by atoms with van der Waals surface area (Å²) in [6.07, 6.45) is 8.95. The molecule has 0 amide bonds. The number of H-pyrrole nitrogens is 1. The minimum Gasteiger partial charge on any atom is -0.493 e. The van der Waals surface area contributed by atoms with Gasteiger partial charge in [0.25, 0.3) is 0 Å². The standard InChI is InChI=1S/C18H23N5O3/c24-18-19-15-10-9-14(12-16(15)26-18)25-11-5-4-8-17-20-21-22-23(17)13-6-2-1-3-7-13/h9-10,12-13H,1-8,11H2,(H,19,24). The molecule has 0 unspecified atom stereocenters. The summed E-state index contributed by atoms with van der Waals surface area (Å²) in [4.78, 5) is 13.8. The summed E-state index contributed by atoms with van der Waals surface area (Å²) in [5, 5.41) is 12.3. The van der Waals surface area contributed by atoms with Crippen LogP contribution in [0.3, 0.4) is 0 Å². The van der Waals surface area contributed by atoms with Crippen molar-refractivity contribution in [2.24, 2.45) is 0 Å². The van der Waals surface area contributed by atoms with Crippen LogP contribution in [-0.2, 0) is 6.42 Å². The van der Waals surface area contributed by atoms with Crippen LogP contribution in [0.4, 0.5) is 0 Å². The molecule has 0 aliphatic heterocycles. The van der Waals surface area contributed by atoms with E-state index in [0.717, 1.165) is 25.1 Å². The SMILES string of the molecule is O=c1[nH]c2ccc(OCCCCc3nnnn3C3CCCCC3)cc2o1. The predicted octanol–water partition coefficient (Wildman–Crippen LogP) is 3.01. The minimum atomic E-state index is -0.451. The van der Waals surface area contributed by atoms with Gasteiger partial charge in [0.05, 0.1) is 18.2 Å². The average Bonchev–Trinajstić information content (AvgIpc) is 3.27. The monoisotopic (exact) mass is 357 g/mol. The van der Waals surface area contributed by atoms with E-state index < -0.39 is 5.76 Å². The van der Waals surface area contributed by atoms with E-state index in [1.807, 2.05) is 10.7 Å². The molecule has 26 heavy (non-hydrogen) atoms. The van der Waals surface area contributed by atoms with Crippen molar-refractivity contribution in [2.45, 2.75) is 57.4 Å². The maximum absolute atomic E-state index is 11.2. The number of hydrogen-bond acceptors (Lipinski definition) is 6. The van der Waals surface area contributed by atoms with Crippen LogP contribution in [0.1, 0.15) is 56.8 Å². The number of oxazole rings is 1. The molecule has 1 saturated carbocycles. The second-order valence-electron chi connectivity index (χ2n) is 6.81. The van der Waals surface area contributed by atoms with Crippen molar-refractivity contribution in [3.8, 4) is 5.75 Å². The van der Waals surface area contributed by atoms with Crippen LogP contribution in [-0.4, -0.2) is 31.8 Å². The predicted molar refractivity (Wildman–Crippen MR) is 95.2 cm³/mol. The molecule has 0 radical (unpaired) electrons. The molecule has 0 bridgehead atoms. The molecule has 8 nitrogen and oxygen atoms in total. The Balaban J connectivity index is 1.25. The molecule has 1 aliphatic rings. The Hall–Kier alpha value is -2.64. The summed E-state index contributed by atoms with van der Waals surface area (Å²) in [7, 11) is 0. The molecule has 4 rings (SSSR count). The average molecular weight is 357 g/mol. The van der Waals surface area contributed by atoms with Crippen molar-refractivity contribution >= 4 is 11.1 Å². The second kappa shape index (κ2) is 7.72. The van der Waals surface area contributed by atoms with Crippen LogP contribution in [0.15, 0.2) is 27.4 Å². The van der Waals surface area contributed by atoms with E-state index in [2.05, 4.69) is 20.5 Å².